The van der Waals surface area contributed by atoms with Gasteiger partial charge in [0, 0.05) is 25.2 Å². The fourth-order valence-corrected chi connectivity index (χ4v) is 4.26. The van der Waals surface area contributed by atoms with E-state index in [1.54, 1.807) is 7.05 Å². The zero-order chi connectivity index (χ0) is 16.4. The van der Waals surface area contributed by atoms with E-state index in [0.717, 1.165) is 25.0 Å². The van der Waals surface area contributed by atoms with Crippen LogP contribution in [0.2, 0.25) is 0 Å². The van der Waals surface area contributed by atoms with E-state index in [1.807, 2.05) is 0 Å². The van der Waals surface area contributed by atoms with Crippen molar-refractivity contribution in [3.63, 3.8) is 0 Å². The van der Waals surface area contributed by atoms with Gasteiger partial charge in [0.1, 0.15) is 5.75 Å². The lowest BCUT2D eigenvalue weighted by Crippen LogP contribution is -2.40. The highest BCUT2D eigenvalue weighted by Crippen LogP contribution is 2.29. The van der Waals surface area contributed by atoms with E-state index in [0.29, 0.717) is 13.1 Å². The average molecular weight is 338 g/mol. The van der Waals surface area contributed by atoms with Crippen molar-refractivity contribution in [3.05, 3.63) is 24.3 Å². The van der Waals surface area contributed by atoms with Gasteiger partial charge in [-0.2, -0.15) is 4.31 Å². The first kappa shape index (κ1) is 17.0. The molecule has 0 aliphatic carbocycles. The monoisotopic (exact) mass is 338 g/mol. The maximum absolute atomic E-state index is 12.6. The normalized spacial score (nSPS) is 20.3. The first-order valence-electron chi connectivity index (χ1n) is 6.76. The highest BCUT2D eigenvalue weighted by atomic mass is 32.2. The summed E-state index contributed by atoms with van der Waals surface area (Å²) in [5.41, 5.74) is 0. The van der Waals surface area contributed by atoms with Crippen LogP contribution in [0, 0.1) is 0 Å². The lowest BCUT2D eigenvalue weighted by atomic mass is 10.2. The topological polar surface area (TPSA) is 58.6 Å². The molecule has 1 atom stereocenters. The largest absolute Gasteiger partial charge is 0.573 e. The quantitative estimate of drug-likeness (QED) is 0.892. The second-order valence-corrected chi connectivity index (χ2v) is 6.88. The fraction of sp³-hybridized carbons (Fsp3) is 0.538. The maximum Gasteiger partial charge on any atom is 0.573 e. The van der Waals surface area contributed by atoms with Gasteiger partial charge < -0.3 is 10.1 Å². The van der Waals surface area contributed by atoms with Gasteiger partial charge >= 0.3 is 6.36 Å². The lowest BCUT2D eigenvalue weighted by molar-refractivity contribution is -0.274. The number of likely N-dealkylation sites (N-methyl/N-ethyl adjacent to an activating group) is 1. The van der Waals surface area contributed by atoms with Gasteiger partial charge in [0.2, 0.25) is 10.0 Å². The number of ether oxygens (including phenoxy) is 1. The number of rotatable bonds is 5. The molecule has 0 saturated carbocycles. The molecule has 9 heteroatoms. The fourth-order valence-electron chi connectivity index (χ4n) is 2.53. The van der Waals surface area contributed by atoms with Crippen molar-refractivity contribution in [2.45, 2.75) is 30.1 Å². The molecule has 124 valence electrons. The molecule has 2 rings (SSSR count). The molecular formula is C13H17F3N2O3S. The molecule has 22 heavy (non-hydrogen) atoms. The summed E-state index contributed by atoms with van der Waals surface area (Å²) in [6.07, 6.45) is -3.41. The number of nitrogens with zero attached hydrogens (tertiary/aromatic N) is 1. The van der Waals surface area contributed by atoms with Crippen LogP contribution in [0.5, 0.6) is 5.75 Å². The highest BCUT2D eigenvalue weighted by Gasteiger charge is 2.36. The van der Waals surface area contributed by atoms with Crippen molar-refractivity contribution >= 4 is 10.0 Å². The van der Waals surface area contributed by atoms with E-state index < -0.39 is 22.1 Å². The van der Waals surface area contributed by atoms with Crippen LogP contribution >= 0.6 is 0 Å². The van der Waals surface area contributed by atoms with Crippen LogP contribution in [0.1, 0.15) is 12.8 Å². The van der Waals surface area contributed by atoms with Crippen LogP contribution in [-0.4, -0.2) is 45.3 Å². The Hall–Kier alpha value is -1.32. The lowest BCUT2D eigenvalue weighted by Gasteiger charge is -2.24. The van der Waals surface area contributed by atoms with Crippen molar-refractivity contribution in [3.8, 4) is 5.75 Å². The van der Waals surface area contributed by atoms with Crippen LogP contribution in [-0.2, 0) is 10.0 Å². The molecule has 0 spiro atoms. The molecule has 1 aromatic rings. The van der Waals surface area contributed by atoms with Gasteiger partial charge in [0.15, 0.2) is 0 Å². The summed E-state index contributed by atoms with van der Waals surface area (Å²) in [6.45, 7) is 0.858. The second kappa shape index (κ2) is 6.43. The van der Waals surface area contributed by atoms with Crippen molar-refractivity contribution in [2.24, 2.45) is 0 Å². The van der Waals surface area contributed by atoms with Gasteiger partial charge in [-0.1, -0.05) is 6.07 Å². The minimum absolute atomic E-state index is 0.192. The standard InChI is InChI=1S/C13H17F3N2O3S/c1-17-9-10-4-3-7-18(10)22(19,20)12-6-2-5-11(8-12)21-13(14,15)16/h2,5-6,8,10,17H,3-4,7,9H2,1H3. The van der Waals surface area contributed by atoms with Crippen LogP contribution < -0.4 is 10.1 Å². The molecule has 5 nitrogen and oxygen atoms in total. The zero-order valence-corrected chi connectivity index (χ0v) is 12.7. The third kappa shape index (κ3) is 3.90. The van der Waals surface area contributed by atoms with Gasteiger partial charge in [0.25, 0.3) is 0 Å². The molecule has 0 radical (unpaired) electrons. The predicted octanol–water partition coefficient (Wildman–Crippen LogP) is 1.96. The maximum atomic E-state index is 12.6. The third-order valence-electron chi connectivity index (χ3n) is 3.41. The SMILES string of the molecule is CNCC1CCCN1S(=O)(=O)c1cccc(OC(F)(F)F)c1. The van der Waals surface area contributed by atoms with E-state index in [2.05, 4.69) is 10.1 Å². The summed E-state index contributed by atoms with van der Waals surface area (Å²) < 4.78 is 67.0. The molecule has 1 saturated heterocycles. The molecule has 0 bridgehead atoms. The van der Waals surface area contributed by atoms with Gasteiger partial charge in [-0.25, -0.2) is 8.42 Å². The molecule has 1 fully saturated rings. The summed E-state index contributed by atoms with van der Waals surface area (Å²) in [5.74, 6) is -0.544. The van der Waals surface area contributed by atoms with Crippen molar-refractivity contribution in [1.82, 2.24) is 9.62 Å². The van der Waals surface area contributed by atoms with Gasteiger partial charge in [0.05, 0.1) is 4.90 Å². The molecule has 1 aliphatic rings. The summed E-state index contributed by atoms with van der Waals surface area (Å²) in [4.78, 5) is -0.197. The minimum atomic E-state index is -4.86. The van der Waals surface area contributed by atoms with Crippen LogP contribution in [0.4, 0.5) is 13.2 Å². The number of hydrogen-bond donors (Lipinski definition) is 1. The van der Waals surface area contributed by atoms with Gasteiger partial charge in [-0.05, 0) is 32.0 Å². The van der Waals surface area contributed by atoms with Crippen LogP contribution in [0.15, 0.2) is 29.2 Å². The van der Waals surface area contributed by atoms with Crippen molar-refractivity contribution in [2.75, 3.05) is 20.1 Å². The molecule has 1 aliphatic heterocycles. The molecule has 1 N–H and O–H groups in total. The average Bonchev–Trinajstić information content (AvgIpc) is 2.86. The second-order valence-electron chi connectivity index (χ2n) is 4.99. The molecule has 0 aromatic heterocycles. The Kier molecular flexibility index (Phi) is 4.98. The number of hydrogen-bond acceptors (Lipinski definition) is 4. The van der Waals surface area contributed by atoms with Crippen molar-refractivity contribution in [1.29, 1.82) is 0 Å². The number of benzene rings is 1. The Labute approximate surface area is 127 Å². The Balaban J connectivity index is 2.28. The van der Waals surface area contributed by atoms with Crippen molar-refractivity contribution < 1.29 is 26.3 Å². The predicted molar refractivity (Wildman–Crippen MR) is 74.0 cm³/mol. The van der Waals surface area contributed by atoms with E-state index in [1.165, 1.54) is 16.4 Å². The van der Waals surface area contributed by atoms with E-state index in [9.17, 15) is 21.6 Å². The van der Waals surface area contributed by atoms with Crippen LogP contribution in [0.3, 0.4) is 0 Å². The first-order valence-corrected chi connectivity index (χ1v) is 8.20. The summed E-state index contributed by atoms with van der Waals surface area (Å²) in [5, 5.41) is 2.93. The number of halogens is 3. The molecule has 1 heterocycles. The molecule has 1 aromatic carbocycles. The van der Waals surface area contributed by atoms with Crippen LogP contribution in [0.25, 0.3) is 0 Å². The summed E-state index contributed by atoms with van der Waals surface area (Å²) in [6, 6.07) is 4.28. The van der Waals surface area contributed by atoms with E-state index in [-0.39, 0.29) is 10.9 Å². The highest BCUT2D eigenvalue weighted by molar-refractivity contribution is 7.89. The van der Waals surface area contributed by atoms with E-state index in [4.69, 9.17) is 0 Å². The Morgan fingerprint density at radius 1 is 1.41 bits per heavy atom. The molecule has 1 unspecified atom stereocenters. The minimum Gasteiger partial charge on any atom is -0.406 e. The van der Waals surface area contributed by atoms with Gasteiger partial charge in [-0.15, -0.1) is 13.2 Å². The Morgan fingerprint density at radius 3 is 2.77 bits per heavy atom. The Bertz CT molecular complexity index is 619. The molecule has 0 amide bonds. The number of sulfonamides is 1. The number of nitrogens with one attached hydrogen (secondary N) is 1. The van der Waals surface area contributed by atoms with E-state index >= 15 is 0 Å². The first-order chi connectivity index (χ1) is 10.2. The van der Waals surface area contributed by atoms with Gasteiger partial charge in [-0.3, -0.25) is 0 Å². The summed E-state index contributed by atoms with van der Waals surface area (Å²) in [7, 11) is -2.12. The third-order valence-corrected chi connectivity index (χ3v) is 5.36. The zero-order valence-electron chi connectivity index (χ0n) is 11.9. The number of alkyl halides is 3. The molecular weight excluding hydrogens is 321 g/mol. The smallest absolute Gasteiger partial charge is 0.406 e. The Morgan fingerprint density at radius 2 is 2.14 bits per heavy atom. The summed E-state index contributed by atoms with van der Waals surface area (Å²) >= 11 is 0.